The fourth-order valence-electron chi connectivity index (χ4n) is 5.25. The van der Waals surface area contributed by atoms with Gasteiger partial charge in [0, 0.05) is 12.6 Å². The molecule has 5 rings (SSSR count). The number of nitrogens with zero attached hydrogens (tertiary/aromatic N) is 2. The molecule has 6 heteroatoms. The molecule has 3 atom stereocenters. The van der Waals surface area contributed by atoms with E-state index in [0.717, 1.165) is 35.0 Å². The van der Waals surface area contributed by atoms with Gasteiger partial charge in [-0.3, -0.25) is 9.59 Å². The number of aromatic nitrogens is 1. The van der Waals surface area contributed by atoms with E-state index in [1.807, 2.05) is 29.0 Å². The van der Waals surface area contributed by atoms with E-state index >= 15 is 0 Å². The maximum Gasteiger partial charge on any atom is 0.271 e. The predicted octanol–water partition coefficient (Wildman–Crippen LogP) is 5.12. The van der Waals surface area contributed by atoms with Crippen LogP contribution in [0.15, 0.2) is 41.8 Å². The Labute approximate surface area is 193 Å². The van der Waals surface area contributed by atoms with E-state index in [2.05, 4.69) is 43.4 Å². The normalized spacial score (nSPS) is 25.7. The van der Waals surface area contributed by atoms with E-state index in [-0.39, 0.29) is 17.9 Å². The van der Waals surface area contributed by atoms with Crippen LogP contribution in [0.3, 0.4) is 0 Å². The zero-order valence-corrected chi connectivity index (χ0v) is 19.9. The quantitative estimate of drug-likeness (QED) is 0.601. The second-order valence-corrected chi connectivity index (χ2v) is 10.7. The third-order valence-electron chi connectivity index (χ3n) is 7.43. The molecule has 1 N–H and O–H groups in total. The molecule has 0 saturated heterocycles. The van der Waals surface area contributed by atoms with Gasteiger partial charge in [-0.1, -0.05) is 49.6 Å². The number of amides is 2. The Kier molecular flexibility index (Phi) is 5.36. The van der Waals surface area contributed by atoms with Crippen molar-refractivity contribution in [1.82, 2.24) is 14.8 Å². The summed E-state index contributed by atoms with van der Waals surface area (Å²) in [7, 11) is 0. The summed E-state index contributed by atoms with van der Waals surface area (Å²) in [6.07, 6.45) is 4.53. The van der Waals surface area contributed by atoms with Crippen LogP contribution in [0.1, 0.15) is 61.1 Å². The summed E-state index contributed by atoms with van der Waals surface area (Å²) >= 11 is 1.63. The lowest BCUT2D eigenvalue weighted by molar-refractivity contribution is -0.134. The van der Waals surface area contributed by atoms with E-state index < -0.39 is 5.54 Å². The highest BCUT2D eigenvalue weighted by molar-refractivity contribution is 7.17. The molecule has 1 fully saturated rings. The Balaban J connectivity index is 1.52. The predicted molar refractivity (Wildman–Crippen MR) is 129 cm³/mol. The highest BCUT2D eigenvalue weighted by atomic mass is 32.1. The number of benzene rings is 1. The summed E-state index contributed by atoms with van der Waals surface area (Å²) in [5, 5.41) is 5.39. The van der Waals surface area contributed by atoms with Crippen molar-refractivity contribution in [2.45, 2.75) is 71.1 Å². The fraction of sp³-hybridized carbons (Fsp3) is 0.462. The molecule has 1 aromatic carbocycles. The fourth-order valence-corrected chi connectivity index (χ4v) is 6.07. The molecule has 0 radical (unpaired) electrons. The number of hydrogen-bond donors (Lipinski definition) is 1. The van der Waals surface area contributed by atoms with E-state index in [4.69, 9.17) is 0 Å². The smallest absolute Gasteiger partial charge is 0.271 e. The molecule has 32 heavy (non-hydrogen) atoms. The summed E-state index contributed by atoms with van der Waals surface area (Å²) in [5.74, 6) is 0.348. The first-order valence-corrected chi connectivity index (χ1v) is 12.5. The Morgan fingerprint density at radius 3 is 2.69 bits per heavy atom. The number of nitrogens with one attached hydrogen (secondary N) is 1. The Morgan fingerprint density at radius 2 is 1.94 bits per heavy atom. The zero-order chi connectivity index (χ0) is 22.5. The van der Waals surface area contributed by atoms with Gasteiger partial charge < -0.3 is 14.8 Å². The molecule has 1 aliphatic carbocycles. The van der Waals surface area contributed by atoms with Crippen LogP contribution in [-0.4, -0.2) is 32.9 Å². The SMILES string of the molecule is Cc1ccc(CN2C(=O)c3cc4sccc4n3C[C@]2(C)C(=O)N[C@H]2CCCC[C@H]2C)cc1. The van der Waals surface area contributed by atoms with Crippen LogP contribution in [0.5, 0.6) is 0 Å². The Morgan fingerprint density at radius 1 is 1.19 bits per heavy atom. The molecule has 3 aromatic rings. The molecule has 0 unspecified atom stereocenters. The second-order valence-electron chi connectivity index (χ2n) is 9.78. The van der Waals surface area contributed by atoms with Crippen LogP contribution < -0.4 is 5.32 Å². The van der Waals surface area contributed by atoms with Crippen LogP contribution >= 0.6 is 11.3 Å². The molecule has 0 bridgehead atoms. The summed E-state index contributed by atoms with van der Waals surface area (Å²) < 4.78 is 3.14. The van der Waals surface area contributed by atoms with Crippen LogP contribution in [0.2, 0.25) is 0 Å². The van der Waals surface area contributed by atoms with E-state index in [9.17, 15) is 9.59 Å². The van der Waals surface area contributed by atoms with Crippen LogP contribution in [0, 0.1) is 12.8 Å². The second kappa shape index (κ2) is 8.07. The van der Waals surface area contributed by atoms with Gasteiger partial charge >= 0.3 is 0 Å². The number of carbonyl (C=O) groups excluding carboxylic acids is 2. The lowest BCUT2D eigenvalue weighted by Crippen LogP contribution is -2.65. The first-order valence-electron chi connectivity index (χ1n) is 11.6. The molecule has 2 aromatic heterocycles. The average Bonchev–Trinajstić information content (AvgIpc) is 3.36. The van der Waals surface area contributed by atoms with Gasteiger partial charge in [-0.25, -0.2) is 0 Å². The Bertz CT molecular complexity index is 1160. The summed E-state index contributed by atoms with van der Waals surface area (Å²) in [5.41, 5.74) is 2.98. The molecule has 2 amide bonds. The van der Waals surface area contributed by atoms with Gasteiger partial charge in [0.1, 0.15) is 11.2 Å². The highest BCUT2D eigenvalue weighted by Crippen LogP contribution is 2.36. The first kappa shape index (κ1) is 21.3. The van der Waals surface area contributed by atoms with Crippen LogP contribution in [0.25, 0.3) is 10.2 Å². The van der Waals surface area contributed by atoms with Gasteiger partial charge in [0.05, 0.1) is 16.8 Å². The van der Waals surface area contributed by atoms with Gasteiger partial charge in [0.2, 0.25) is 5.91 Å². The van der Waals surface area contributed by atoms with Crippen LogP contribution in [0.4, 0.5) is 0 Å². The number of rotatable bonds is 4. The third kappa shape index (κ3) is 3.54. The summed E-state index contributed by atoms with van der Waals surface area (Å²) in [4.78, 5) is 29.4. The van der Waals surface area contributed by atoms with Gasteiger partial charge in [-0.05, 0) is 55.7 Å². The lowest BCUT2D eigenvalue weighted by atomic mass is 9.85. The van der Waals surface area contributed by atoms with Gasteiger partial charge in [0.25, 0.3) is 5.91 Å². The molecular weight excluding hydrogens is 418 g/mol. The minimum atomic E-state index is -0.958. The van der Waals surface area contributed by atoms with Crippen molar-refractivity contribution in [2.75, 3.05) is 0 Å². The molecule has 2 aliphatic rings. The number of aryl methyl sites for hydroxylation is 1. The van der Waals surface area contributed by atoms with Gasteiger partial charge in [-0.2, -0.15) is 0 Å². The average molecular weight is 450 g/mol. The number of fused-ring (bicyclic) bond motifs is 3. The largest absolute Gasteiger partial charge is 0.351 e. The van der Waals surface area contributed by atoms with Gasteiger partial charge in [-0.15, -0.1) is 11.3 Å². The summed E-state index contributed by atoms with van der Waals surface area (Å²) in [6, 6.07) is 12.4. The zero-order valence-electron chi connectivity index (χ0n) is 19.1. The van der Waals surface area contributed by atoms with Crippen molar-refractivity contribution in [1.29, 1.82) is 0 Å². The van der Waals surface area contributed by atoms with Crippen LogP contribution in [-0.2, 0) is 17.9 Å². The van der Waals surface area contributed by atoms with Crippen molar-refractivity contribution in [3.05, 3.63) is 58.6 Å². The molecule has 1 aliphatic heterocycles. The minimum Gasteiger partial charge on any atom is -0.351 e. The minimum absolute atomic E-state index is 0.0422. The maximum atomic E-state index is 13.8. The van der Waals surface area contributed by atoms with Crippen molar-refractivity contribution >= 4 is 33.4 Å². The standard InChI is InChI=1S/C26H31N3O2S/c1-17-8-10-19(11-9-17)15-29-24(30)22-14-23-21(12-13-32-23)28(22)16-26(29,3)25(31)27-20-7-5-4-6-18(20)2/h8-14,18,20H,4-7,15-16H2,1-3H3,(H,27,31)/t18-,20+,26-/m1/s1. The van der Waals surface area contributed by atoms with E-state index in [1.54, 1.807) is 16.2 Å². The lowest BCUT2D eigenvalue weighted by Gasteiger charge is -2.45. The van der Waals surface area contributed by atoms with Crippen molar-refractivity contribution in [2.24, 2.45) is 5.92 Å². The molecule has 168 valence electrons. The molecule has 1 saturated carbocycles. The summed E-state index contributed by atoms with van der Waals surface area (Å²) in [6.45, 7) is 7.10. The van der Waals surface area contributed by atoms with Crippen molar-refractivity contribution in [3.63, 3.8) is 0 Å². The first-order chi connectivity index (χ1) is 15.4. The topological polar surface area (TPSA) is 54.3 Å². The number of hydrogen-bond acceptors (Lipinski definition) is 3. The van der Waals surface area contributed by atoms with E-state index in [0.29, 0.717) is 24.7 Å². The van der Waals surface area contributed by atoms with Crippen molar-refractivity contribution in [3.8, 4) is 0 Å². The third-order valence-corrected chi connectivity index (χ3v) is 8.28. The Hall–Kier alpha value is -2.60. The van der Waals surface area contributed by atoms with Crippen molar-refractivity contribution < 1.29 is 9.59 Å². The molecule has 3 heterocycles. The molecular formula is C26H31N3O2S. The maximum absolute atomic E-state index is 13.8. The van der Waals surface area contributed by atoms with E-state index in [1.165, 1.54) is 12.0 Å². The molecule has 0 spiro atoms. The number of thiophene rings is 1. The molecule has 5 nitrogen and oxygen atoms in total. The number of carbonyl (C=O) groups is 2. The van der Waals surface area contributed by atoms with Gasteiger partial charge in [0.15, 0.2) is 0 Å². The highest BCUT2D eigenvalue weighted by Gasteiger charge is 2.48. The monoisotopic (exact) mass is 449 g/mol.